The van der Waals surface area contributed by atoms with Crippen molar-refractivity contribution in [2.24, 2.45) is 0 Å². The Morgan fingerprint density at radius 1 is 1.18 bits per heavy atom. The van der Waals surface area contributed by atoms with E-state index in [2.05, 4.69) is 10.4 Å². The molecule has 0 aliphatic rings. The second kappa shape index (κ2) is 10.8. The fraction of sp³-hybridized carbons (Fsp3) is 0.208. The lowest BCUT2D eigenvalue weighted by molar-refractivity contribution is -0.384. The van der Waals surface area contributed by atoms with Crippen LogP contribution in [0, 0.1) is 30.9 Å². The van der Waals surface area contributed by atoms with E-state index in [0.29, 0.717) is 6.54 Å². The highest BCUT2D eigenvalue weighted by molar-refractivity contribution is 6.33. The van der Waals surface area contributed by atoms with E-state index in [4.69, 9.17) is 16.3 Å². The van der Waals surface area contributed by atoms with E-state index >= 15 is 0 Å². The quantitative estimate of drug-likeness (QED) is 0.217. The number of rotatable bonds is 8. The predicted octanol–water partition coefficient (Wildman–Crippen LogP) is 4.61. The molecule has 1 N–H and O–H groups in total. The molecule has 0 unspecified atom stereocenters. The maximum absolute atomic E-state index is 12.1. The molecule has 3 rings (SSSR count). The Hall–Kier alpha value is -3.98. The average Bonchev–Trinajstić information content (AvgIpc) is 3.06. The molecule has 3 aromatic rings. The van der Waals surface area contributed by atoms with E-state index in [1.807, 2.05) is 49.7 Å². The molecule has 0 atom stereocenters. The van der Waals surface area contributed by atoms with Crippen molar-refractivity contribution in [2.75, 3.05) is 11.9 Å². The van der Waals surface area contributed by atoms with E-state index in [9.17, 15) is 19.7 Å². The van der Waals surface area contributed by atoms with Crippen LogP contribution in [-0.4, -0.2) is 33.2 Å². The van der Waals surface area contributed by atoms with Crippen LogP contribution in [0.4, 0.5) is 11.4 Å². The molecular weight excluding hydrogens is 460 g/mol. The van der Waals surface area contributed by atoms with Crippen LogP contribution < -0.4 is 5.32 Å². The van der Waals surface area contributed by atoms with Crippen LogP contribution in [0.15, 0.2) is 48.5 Å². The van der Waals surface area contributed by atoms with Crippen LogP contribution in [0.2, 0.25) is 5.02 Å². The van der Waals surface area contributed by atoms with Crippen molar-refractivity contribution in [3.8, 4) is 0 Å². The molecule has 176 valence electrons. The first kappa shape index (κ1) is 24.7. The van der Waals surface area contributed by atoms with Crippen LogP contribution in [0.1, 0.15) is 28.1 Å². The highest BCUT2D eigenvalue weighted by atomic mass is 35.5. The first-order chi connectivity index (χ1) is 16.1. The molecular formula is C24H23ClN4O5. The van der Waals surface area contributed by atoms with Gasteiger partial charge in [-0.05, 0) is 38.5 Å². The number of anilines is 1. The second-order valence-electron chi connectivity index (χ2n) is 7.64. The third-order valence-electron chi connectivity index (χ3n) is 5.06. The highest BCUT2D eigenvalue weighted by Gasteiger charge is 2.14. The van der Waals surface area contributed by atoms with Gasteiger partial charge in [0, 0.05) is 29.5 Å². The lowest BCUT2D eigenvalue weighted by Crippen LogP contribution is -2.20. The summed E-state index contributed by atoms with van der Waals surface area (Å²) in [5.41, 5.74) is 4.55. The number of nitro benzene ring substituents is 1. The van der Waals surface area contributed by atoms with Crippen molar-refractivity contribution in [1.82, 2.24) is 9.78 Å². The maximum Gasteiger partial charge on any atom is 0.331 e. The van der Waals surface area contributed by atoms with Crippen LogP contribution in [-0.2, 0) is 20.9 Å². The molecule has 0 radical (unpaired) electrons. The number of esters is 1. The predicted molar refractivity (Wildman–Crippen MR) is 129 cm³/mol. The molecule has 0 fully saturated rings. The number of halogens is 1. The van der Waals surface area contributed by atoms with E-state index in [1.165, 1.54) is 23.8 Å². The van der Waals surface area contributed by atoms with Crippen LogP contribution in [0.5, 0.6) is 0 Å². The van der Waals surface area contributed by atoms with Gasteiger partial charge < -0.3 is 10.1 Å². The number of nitro groups is 1. The van der Waals surface area contributed by atoms with Crippen LogP contribution in [0.3, 0.4) is 0 Å². The zero-order chi connectivity index (χ0) is 24.8. The van der Waals surface area contributed by atoms with Gasteiger partial charge in [-0.3, -0.25) is 19.6 Å². The van der Waals surface area contributed by atoms with Gasteiger partial charge in [0.2, 0.25) is 0 Å². The molecule has 0 bridgehead atoms. The molecule has 0 aliphatic carbocycles. The summed E-state index contributed by atoms with van der Waals surface area (Å²) in [6.45, 7) is 5.81. The van der Waals surface area contributed by atoms with Gasteiger partial charge in [-0.1, -0.05) is 41.4 Å². The van der Waals surface area contributed by atoms with Gasteiger partial charge in [-0.15, -0.1) is 0 Å². The van der Waals surface area contributed by atoms with Gasteiger partial charge in [0.1, 0.15) is 0 Å². The average molecular weight is 483 g/mol. The maximum atomic E-state index is 12.1. The van der Waals surface area contributed by atoms with E-state index in [0.717, 1.165) is 28.6 Å². The number of carbonyl (C=O) groups excluding carboxylic acids is 2. The van der Waals surface area contributed by atoms with Gasteiger partial charge >= 0.3 is 5.97 Å². The summed E-state index contributed by atoms with van der Waals surface area (Å²) in [5, 5.41) is 17.9. The molecule has 10 heteroatoms. The Balaban J connectivity index is 1.58. The summed E-state index contributed by atoms with van der Waals surface area (Å²) in [4.78, 5) is 34.4. The summed E-state index contributed by atoms with van der Waals surface area (Å²) in [6.07, 6.45) is 2.82. The van der Waals surface area contributed by atoms with E-state index in [1.54, 1.807) is 6.08 Å². The topological polar surface area (TPSA) is 116 Å². The molecule has 9 nitrogen and oxygen atoms in total. The number of nitrogens with zero attached hydrogens (tertiary/aromatic N) is 3. The molecule has 1 heterocycles. The van der Waals surface area contributed by atoms with Crippen molar-refractivity contribution < 1.29 is 19.2 Å². The number of benzene rings is 2. The first-order valence-corrected chi connectivity index (χ1v) is 10.7. The monoisotopic (exact) mass is 482 g/mol. The minimum absolute atomic E-state index is 0.0553. The number of aromatic nitrogens is 2. The molecule has 0 saturated carbocycles. The van der Waals surface area contributed by atoms with E-state index < -0.39 is 23.4 Å². The Morgan fingerprint density at radius 3 is 2.56 bits per heavy atom. The lowest BCUT2D eigenvalue weighted by atomic mass is 10.1. The largest absolute Gasteiger partial charge is 0.452 e. The van der Waals surface area contributed by atoms with Gasteiger partial charge in [-0.25, -0.2) is 4.79 Å². The number of aryl methyl sites for hydroxylation is 2. The van der Waals surface area contributed by atoms with Gasteiger partial charge in [0.05, 0.1) is 27.9 Å². The third kappa shape index (κ3) is 6.29. The number of hydrogen-bond acceptors (Lipinski definition) is 6. The van der Waals surface area contributed by atoms with Crippen LogP contribution in [0.25, 0.3) is 6.08 Å². The molecule has 34 heavy (non-hydrogen) atoms. The zero-order valence-corrected chi connectivity index (χ0v) is 19.6. The number of hydrogen-bond donors (Lipinski definition) is 1. The van der Waals surface area contributed by atoms with Gasteiger partial charge in [0.25, 0.3) is 11.6 Å². The lowest BCUT2D eigenvalue weighted by Gasteiger charge is -2.07. The summed E-state index contributed by atoms with van der Waals surface area (Å²) >= 11 is 5.95. The molecule has 1 aromatic heterocycles. The summed E-state index contributed by atoms with van der Waals surface area (Å²) in [6, 6.07) is 11.8. The second-order valence-corrected chi connectivity index (χ2v) is 8.05. The molecule has 1 amide bonds. The summed E-state index contributed by atoms with van der Waals surface area (Å²) in [5.74, 6) is -1.40. The number of nitrogens with one attached hydrogen (secondary N) is 1. The highest BCUT2D eigenvalue weighted by Crippen LogP contribution is 2.26. The van der Waals surface area contributed by atoms with Crippen molar-refractivity contribution in [3.05, 3.63) is 91.8 Å². The Bertz CT molecular complexity index is 1270. The molecule has 0 spiro atoms. The first-order valence-electron chi connectivity index (χ1n) is 10.3. The Kier molecular flexibility index (Phi) is 7.80. The fourth-order valence-corrected chi connectivity index (χ4v) is 3.38. The minimum atomic E-state index is -0.717. The Labute approximate surface area is 201 Å². The number of carbonyl (C=O) groups is 2. The number of non-ortho nitro benzene ring substituents is 1. The minimum Gasteiger partial charge on any atom is -0.452 e. The molecule has 0 saturated heterocycles. The normalized spacial score (nSPS) is 10.9. The van der Waals surface area contributed by atoms with Crippen molar-refractivity contribution >= 4 is 40.9 Å². The van der Waals surface area contributed by atoms with Crippen molar-refractivity contribution in [3.63, 3.8) is 0 Å². The Morgan fingerprint density at radius 2 is 1.88 bits per heavy atom. The summed E-state index contributed by atoms with van der Waals surface area (Å²) in [7, 11) is 0. The zero-order valence-electron chi connectivity index (χ0n) is 18.9. The van der Waals surface area contributed by atoms with E-state index in [-0.39, 0.29) is 16.4 Å². The third-order valence-corrected chi connectivity index (χ3v) is 5.39. The number of amides is 1. The van der Waals surface area contributed by atoms with Crippen molar-refractivity contribution in [1.29, 1.82) is 0 Å². The summed E-state index contributed by atoms with van der Waals surface area (Å²) < 4.78 is 6.83. The van der Waals surface area contributed by atoms with Gasteiger partial charge in [-0.2, -0.15) is 5.10 Å². The molecule has 0 aliphatic heterocycles. The van der Waals surface area contributed by atoms with Gasteiger partial charge in [0.15, 0.2) is 6.61 Å². The molecule has 2 aromatic carbocycles. The van der Waals surface area contributed by atoms with Crippen LogP contribution >= 0.6 is 11.6 Å². The number of ether oxygens (including phenoxy) is 1. The SMILES string of the molecule is Cc1ccc(Cn2nc(C)c(/C=C/C(=O)OCC(=O)Nc3cc([N+](=O)[O-])ccc3Cl)c2C)cc1. The van der Waals surface area contributed by atoms with Crippen molar-refractivity contribution in [2.45, 2.75) is 27.3 Å². The standard InChI is InChI=1S/C24H23ClN4O5/c1-15-4-6-18(7-5-15)13-28-17(3)20(16(2)27-28)9-11-24(31)34-14-23(30)26-22-12-19(29(32)33)8-10-21(22)25/h4-12H,13-14H2,1-3H3,(H,26,30)/b11-9+. The smallest absolute Gasteiger partial charge is 0.331 e. The fourth-order valence-electron chi connectivity index (χ4n) is 3.22.